The highest BCUT2D eigenvalue weighted by atomic mass is 15.0. The summed E-state index contributed by atoms with van der Waals surface area (Å²) >= 11 is 0. The van der Waals surface area contributed by atoms with Gasteiger partial charge in [0, 0.05) is 0 Å². The Bertz CT molecular complexity index is 94.3. The number of hydrogen-bond donors (Lipinski definition) is 0. The second-order valence-electron chi connectivity index (χ2n) is 4.28. The summed E-state index contributed by atoms with van der Waals surface area (Å²) in [5.41, 5.74) is 0. The van der Waals surface area contributed by atoms with Gasteiger partial charge in [-0.25, -0.2) is 0 Å². The number of rotatable bonds is 9. The van der Waals surface area contributed by atoms with Crippen LogP contribution in [0.2, 0.25) is 0 Å². The summed E-state index contributed by atoms with van der Waals surface area (Å²) in [4.78, 5) is 2.27. The van der Waals surface area contributed by atoms with Gasteiger partial charge >= 0.3 is 0 Å². The summed E-state index contributed by atoms with van der Waals surface area (Å²) in [7, 11) is 4.31. The Balaban J connectivity index is 0. The molecule has 2 heteroatoms. The predicted molar refractivity (Wildman–Crippen MR) is 71.1 cm³/mol. The van der Waals surface area contributed by atoms with E-state index in [1.807, 2.05) is 0 Å². The number of nitrogens with zero attached hydrogens (tertiary/aromatic N) is 1. The fraction of sp³-hybridized carbons (Fsp3) is 1.00. The fourth-order valence-electron chi connectivity index (χ4n) is 1.56. The number of hydrogen-bond acceptors (Lipinski definition) is 1. The molecule has 0 aliphatic rings. The van der Waals surface area contributed by atoms with Crippen molar-refractivity contribution in [1.82, 2.24) is 4.90 Å². The maximum absolute atomic E-state index is 2.27. The van der Waals surface area contributed by atoms with E-state index in [4.69, 9.17) is 0 Å². The van der Waals surface area contributed by atoms with Crippen LogP contribution in [0.15, 0.2) is 0 Å². The zero-order valence-electron chi connectivity index (χ0n) is 9.81. The van der Waals surface area contributed by atoms with Gasteiger partial charge in [0.15, 0.2) is 0 Å². The van der Waals surface area contributed by atoms with E-state index in [1.54, 1.807) is 0 Å². The summed E-state index contributed by atoms with van der Waals surface area (Å²) in [6.07, 6.45) is 11.4. The smallest absolute Gasteiger partial charge is 0.0814 e. The van der Waals surface area contributed by atoms with Crippen LogP contribution in [-0.4, -0.2) is 34.0 Å². The molecule has 1 nitrogen and oxygen atoms in total. The molecule has 0 aliphatic heterocycles. The van der Waals surface area contributed by atoms with Crippen molar-refractivity contribution in [2.24, 2.45) is 0 Å². The molecular weight excluding hydrogens is 169 g/mol. The molecule has 0 N–H and O–H groups in total. The van der Waals surface area contributed by atoms with Crippen LogP contribution < -0.4 is 0 Å². The van der Waals surface area contributed by atoms with E-state index in [1.165, 1.54) is 57.9 Å². The van der Waals surface area contributed by atoms with E-state index >= 15 is 0 Å². The quantitative estimate of drug-likeness (QED) is 0.407. The molecule has 14 heavy (non-hydrogen) atoms. The van der Waals surface area contributed by atoms with Crippen molar-refractivity contribution in [2.75, 3.05) is 20.6 Å². The molecule has 0 radical (unpaired) electrons. The molecule has 0 aromatic heterocycles. The lowest BCUT2D eigenvalue weighted by atomic mass is 10.1. The Kier molecular flexibility index (Phi) is 15.3. The Morgan fingerprint density at radius 1 is 0.714 bits per heavy atom. The van der Waals surface area contributed by atoms with Crippen LogP contribution in [0.1, 0.15) is 58.3 Å². The molecule has 0 bridgehead atoms. The van der Waals surface area contributed by atoms with Crippen LogP contribution in [0.25, 0.3) is 0 Å². The SMILES string of the molecule is B.CCCCCCCCCCN(C)C. The van der Waals surface area contributed by atoms with Crippen molar-refractivity contribution in [3.63, 3.8) is 0 Å². The van der Waals surface area contributed by atoms with Crippen molar-refractivity contribution >= 4 is 8.41 Å². The molecule has 0 aromatic carbocycles. The summed E-state index contributed by atoms with van der Waals surface area (Å²) < 4.78 is 0. The lowest BCUT2D eigenvalue weighted by Gasteiger charge is -2.08. The summed E-state index contributed by atoms with van der Waals surface area (Å²) in [6.45, 7) is 3.53. The van der Waals surface area contributed by atoms with Crippen LogP contribution in [-0.2, 0) is 0 Å². The molecule has 0 saturated heterocycles. The fourth-order valence-corrected chi connectivity index (χ4v) is 1.56. The van der Waals surface area contributed by atoms with Crippen molar-refractivity contribution in [2.45, 2.75) is 58.3 Å². The van der Waals surface area contributed by atoms with E-state index in [9.17, 15) is 0 Å². The van der Waals surface area contributed by atoms with Crippen LogP contribution in [0, 0.1) is 0 Å². The number of unbranched alkanes of at least 4 members (excludes halogenated alkanes) is 7. The molecule has 0 fully saturated rings. The van der Waals surface area contributed by atoms with E-state index in [0.717, 1.165) is 0 Å². The Labute approximate surface area is 92.8 Å². The van der Waals surface area contributed by atoms with Crippen LogP contribution in [0.4, 0.5) is 0 Å². The maximum Gasteiger partial charge on any atom is 0.0814 e. The molecule has 0 aromatic rings. The van der Waals surface area contributed by atoms with Gasteiger partial charge in [0.05, 0.1) is 8.41 Å². The minimum atomic E-state index is 0. The first-order valence-corrected chi connectivity index (χ1v) is 5.92. The highest BCUT2D eigenvalue weighted by Gasteiger charge is 1.92. The molecule has 0 spiro atoms. The Morgan fingerprint density at radius 2 is 1.14 bits per heavy atom. The molecule has 0 amide bonds. The molecule has 0 heterocycles. The average Bonchev–Trinajstić information content (AvgIpc) is 2.09. The zero-order chi connectivity index (χ0) is 9.94. The minimum absolute atomic E-state index is 0. The molecule has 86 valence electrons. The van der Waals surface area contributed by atoms with Crippen molar-refractivity contribution in [3.8, 4) is 0 Å². The zero-order valence-corrected chi connectivity index (χ0v) is 9.81. The molecule has 0 saturated carbocycles. The minimum Gasteiger partial charge on any atom is -0.309 e. The Morgan fingerprint density at radius 3 is 1.57 bits per heavy atom. The van der Waals surface area contributed by atoms with Gasteiger partial charge in [-0.2, -0.15) is 0 Å². The van der Waals surface area contributed by atoms with Crippen molar-refractivity contribution in [3.05, 3.63) is 0 Å². The van der Waals surface area contributed by atoms with Crippen molar-refractivity contribution < 1.29 is 0 Å². The Hall–Kier alpha value is 0.0249. The highest BCUT2D eigenvalue weighted by Crippen LogP contribution is 2.08. The van der Waals surface area contributed by atoms with Crippen molar-refractivity contribution in [1.29, 1.82) is 0 Å². The third-order valence-corrected chi connectivity index (χ3v) is 2.46. The summed E-state index contributed by atoms with van der Waals surface area (Å²) in [5.74, 6) is 0. The van der Waals surface area contributed by atoms with E-state index in [0.29, 0.717) is 0 Å². The first-order valence-electron chi connectivity index (χ1n) is 5.92. The second kappa shape index (κ2) is 13.0. The third-order valence-electron chi connectivity index (χ3n) is 2.46. The molecule has 0 atom stereocenters. The standard InChI is InChI=1S/C12H27N.BH3/c1-4-5-6-7-8-9-10-11-12-13(2)3;/h4-12H2,1-3H3;1H3. The van der Waals surface area contributed by atoms with E-state index < -0.39 is 0 Å². The van der Waals surface area contributed by atoms with Gasteiger partial charge in [-0.1, -0.05) is 51.9 Å². The van der Waals surface area contributed by atoms with Gasteiger partial charge < -0.3 is 4.90 Å². The van der Waals surface area contributed by atoms with Gasteiger partial charge in [-0.05, 0) is 27.1 Å². The van der Waals surface area contributed by atoms with Gasteiger partial charge in [-0.3, -0.25) is 0 Å². The van der Waals surface area contributed by atoms with E-state index in [2.05, 4.69) is 25.9 Å². The van der Waals surface area contributed by atoms with Crippen LogP contribution >= 0.6 is 0 Å². The first kappa shape index (κ1) is 16.5. The molecule has 0 unspecified atom stereocenters. The normalized spacial score (nSPS) is 10.3. The lowest BCUT2D eigenvalue weighted by molar-refractivity contribution is 0.389. The van der Waals surface area contributed by atoms with Crippen LogP contribution in [0.5, 0.6) is 0 Å². The van der Waals surface area contributed by atoms with E-state index in [-0.39, 0.29) is 8.41 Å². The van der Waals surface area contributed by atoms with Gasteiger partial charge in [0.1, 0.15) is 0 Å². The summed E-state index contributed by atoms with van der Waals surface area (Å²) in [5, 5.41) is 0. The topological polar surface area (TPSA) is 3.24 Å². The highest BCUT2D eigenvalue weighted by molar-refractivity contribution is 5.75. The van der Waals surface area contributed by atoms with Crippen LogP contribution in [0.3, 0.4) is 0 Å². The monoisotopic (exact) mass is 199 g/mol. The first-order chi connectivity index (χ1) is 6.27. The average molecular weight is 199 g/mol. The van der Waals surface area contributed by atoms with Gasteiger partial charge in [0.25, 0.3) is 0 Å². The predicted octanol–water partition coefficient (Wildman–Crippen LogP) is 2.50. The second-order valence-corrected chi connectivity index (χ2v) is 4.28. The summed E-state index contributed by atoms with van der Waals surface area (Å²) in [6, 6.07) is 0. The largest absolute Gasteiger partial charge is 0.309 e. The molecule has 0 aliphatic carbocycles. The molecule has 0 rings (SSSR count). The van der Waals surface area contributed by atoms with Gasteiger partial charge in [0.2, 0.25) is 0 Å². The lowest BCUT2D eigenvalue weighted by Crippen LogP contribution is -2.12. The third kappa shape index (κ3) is 14.5. The molecular formula is C12H30BN. The maximum atomic E-state index is 2.27. The van der Waals surface area contributed by atoms with Gasteiger partial charge in [-0.15, -0.1) is 0 Å².